The fourth-order valence-electron chi connectivity index (χ4n) is 2.73. The van der Waals surface area contributed by atoms with Crippen LogP contribution in [0.3, 0.4) is 0 Å². The van der Waals surface area contributed by atoms with Gasteiger partial charge >= 0.3 is 0 Å². The van der Waals surface area contributed by atoms with Crippen LogP contribution in [-0.4, -0.2) is 23.8 Å². The quantitative estimate of drug-likeness (QED) is 0.740. The molecule has 0 spiro atoms. The van der Waals surface area contributed by atoms with Gasteiger partial charge in [-0.25, -0.2) is 9.37 Å². The Hall–Kier alpha value is -3.02. The minimum absolute atomic E-state index is 0.255. The third-order valence-electron chi connectivity index (χ3n) is 4.05. The molecule has 1 N–H and O–H groups in total. The number of hydrogen-bond donors (Lipinski definition) is 1. The first-order valence-corrected chi connectivity index (χ1v) is 7.85. The SMILES string of the molecule is COc1cccc(CNc2ncc(-c3ccc(F)cc3)n2C)c1OC. The van der Waals surface area contributed by atoms with Crippen LogP contribution in [-0.2, 0) is 13.6 Å². The minimum Gasteiger partial charge on any atom is -0.493 e. The van der Waals surface area contributed by atoms with Crippen molar-refractivity contribution < 1.29 is 13.9 Å². The Kier molecular flexibility index (Phi) is 4.88. The van der Waals surface area contributed by atoms with E-state index in [9.17, 15) is 4.39 Å². The summed E-state index contributed by atoms with van der Waals surface area (Å²) >= 11 is 0. The fourth-order valence-corrected chi connectivity index (χ4v) is 2.73. The van der Waals surface area contributed by atoms with Crippen LogP contribution in [0.1, 0.15) is 5.56 Å². The van der Waals surface area contributed by atoms with E-state index >= 15 is 0 Å². The van der Waals surface area contributed by atoms with Crippen LogP contribution in [0, 0.1) is 5.82 Å². The Labute approximate surface area is 146 Å². The molecule has 3 aromatic rings. The van der Waals surface area contributed by atoms with Gasteiger partial charge in [-0.2, -0.15) is 0 Å². The number of nitrogens with zero attached hydrogens (tertiary/aromatic N) is 2. The maximum Gasteiger partial charge on any atom is 0.203 e. The second-order valence-corrected chi connectivity index (χ2v) is 5.54. The van der Waals surface area contributed by atoms with Gasteiger partial charge < -0.3 is 19.4 Å². The Morgan fingerprint density at radius 3 is 2.52 bits per heavy atom. The summed E-state index contributed by atoms with van der Waals surface area (Å²) in [5, 5.41) is 3.30. The van der Waals surface area contributed by atoms with Gasteiger partial charge in [0.1, 0.15) is 5.82 Å². The van der Waals surface area contributed by atoms with Gasteiger partial charge in [0.15, 0.2) is 11.5 Å². The van der Waals surface area contributed by atoms with Gasteiger partial charge in [0.2, 0.25) is 5.95 Å². The van der Waals surface area contributed by atoms with Crippen molar-refractivity contribution in [2.75, 3.05) is 19.5 Å². The molecule has 0 saturated carbocycles. The van der Waals surface area contributed by atoms with E-state index in [1.165, 1.54) is 12.1 Å². The topological polar surface area (TPSA) is 48.3 Å². The molecule has 0 unspecified atom stereocenters. The van der Waals surface area contributed by atoms with Gasteiger partial charge in [0.25, 0.3) is 0 Å². The van der Waals surface area contributed by atoms with E-state index in [0.29, 0.717) is 24.0 Å². The maximum absolute atomic E-state index is 13.1. The number of nitrogens with one attached hydrogen (secondary N) is 1. The van der Waals surface area contributed by atoms with Crippen molar-refractivity contribution in [3.63, 3.8) is 0 Å². The van der Waals surface area contributed by atoms with Crippen molar-refractivity contribution >= 4 is 5.95 Å². The Morgan fingerprint density at radius 1 is 1.08 bits per heavy atom. The zero-order valence-corrected chi connectivity index (χ0v) is 14.4. The van der Waals surface area contributed by atoms with Crippen molar-refractivity contribution in [3.05, 3.63) is 60.0 Å². The molecule has 130 valence electrons. The van der Waals surface area contributed by atoms with Crippen LogP contribution in [0.25, 0.3) is 11.3 Å². The maximum atomic E-state index is 13.1. The molecular formula is C19H20FN3O2. The summed E-state index contributed by atoms with van der Waals surface area (Å²) in [6, 6.07) is 12.1. The molecule has 6 heteroatoms. The lowest BCUT2D eigenvalue weighted by atomic mass is 10.1. The van der Waals surface area contributed by atoms with Gasteiger partial charge in [-0.1, -0.05) is 12.1 Å². The summed E-state index contributed by atoms with van der Waals surface area (Å²) < 4.78 is 25.8. The summed E-state index contributed by atoms with van der Waals surface area (Å²) in [7, 11) is 5.15. The van der Waals surface area contributed by atoms with Crippen molar-refractivity contribution in [3.8, 4) is 22.8 Å². The molecule has 1 aromatic heterocycles. The van der Waals surface area contributed by atoms with Crippen molar-refractivity contribution in [2.45, 2.75) is 6.54 Å². The average Bonchev–Trinajstić information content (AvgIpc) is 3.00. The normalized spacial score (nSPS) is 10.6. The molecule has 0 bridgehead atoms. The van der Waals surface area contributed by atoms with E-state index in [-0.39, 0.29) is 5.82 Å². The minimum atomic E-state index is -0.255. The third kappa shape index (κ3) is 3.42. The third-order valence-corrected chi connectivity index (χ3v) is 4.05. The summed E-state index contributed by atoms with van der Waals surface area (Å²) in [5.41, 5.74) is 2.77. The molecule has 1 heterocycles. The molecule has 0 fully saturated rings. The first-order chi connectivity index (χ1) is 12.1. The number of ether oxygens (including phenoxy) is 2. The standard InChI is InChI=1S/C19H20FN3O2/c1-23-16(13-7-9-15(20)10-8-13)12-22-19(23)21-11-14-5-4-6-17(24-2)18(14)25-3/h4-10,12H,11H2,1-3H3,(H,21,22). The van der Waals surface area contributed by atoms with Crippen LogP contribution in [0.5, 0.6) is 11.5 Å². The van der Waals surface area contributed by atoms with E-state index in [4.69, 9.17) is 9.47 Å². The predicted molar refractivity (Wildman–Crippen MR) is 95.5 cm³/mol. The van der Waals surface area contributed by atoms with E-state index in [1.54, 1.807) is 32.5 Å². The van der Waals surface area contributed by atoms with Gasteiger partial charge in [-0.15, -0.1) is 0 Å². The first kappa shape index (κ1) is 16.8. The zero-order chi connectivity index (χ0) is 17.8. The molecule has 0 aliphatic carbocycles. The number of halogens is 1. The molecule has 3 rings (SSSR count). The van der Waals surface area contributed by atoms with Crippen LogP contribution in [0.2, 0.25) is 0 Å². The monoisotopic (exact) mass is 341 g/mol. The van der Waals surface area contributed by atoms with E-state index in [0.717, 1.165) is 16.8 Å². The van der Waals surface area contributed by atoms with Crippen LogP contribution in [0.4, 0.5) is 10.3 Å². The molecule has 5 nitrogen and oxygen atoms in total. The van der Waals surface area contributed by atoms with E-state index < -0.39 is 0 Å². The highest BCUT2D eigenvalue weighted by Gasteiger charge is 2.12. The van der Waals surface area contributed by atoms with Gasteiger partial charge in [0.05, 0.1) is 26.1 Å². The first-order valence-electron chi connectivity index (χ1n) is 7.85. The lowest BCUT2D eigenvalue weighted by Gasteiger charge is -2.14. The van der Waals surface area contributed by atoms with E-state index in [1.807, 2.05) is 29.8 Å². The van der Waals surface area contributed by atoms with Crippen molar-refractivity contribution in [1.82, 2.24) is 9.55 Å². The second-order valence-electron chi connectivity index (χ2n) is 5.54. The number of rotatable bonds is 6. The van der Waals surface area contributed by atoms with Crippen LogP contribution >= 0.6 is 0 Å². The molecule has 0 radical (unpaired) electrons. The Morgan fingerprint density at radius 2 is 1.84 bits per heavy atom. The van der Waals surface area contributed by atoms with Gasteiger partial charge in [0, 0.05) is 24.7 Å². The summed E-state index contributed by atoms with van der Waals surface area (Å²) in [6.45, 7) is 0.536. The lowest BCUT2D eigenvalue weighted by molar-refractivity contribution is 0.352. The number of hydrogen-bond acceptors (Lipinski definition) is 4. The molecule has 0 aliphatic heterocycles. The van der Waals surface area contributed by atoms with E-state index in [2.05, 4.69) is 10.3 Å². The largest absolute Gasteiger partial charge is 0.493 e. The Bertz CT molecular complexity index is 860. The van der Waals surface area contributed by atoms with Gasteiger partial charge in [-0.3, -0.25) is 0 Å². The molecule has 0 aliphatic rings. The summed E-state index contributed by atoms with van der Waals surface area (Å²) in [5.74, 6) is 1.85. The van der Waals surface area contributed by atoms with Crippen molar-refractivity contribution in [1.29, 1.82) is 0 Å². The lowest BCUT2D eigenvalue weighted by Crippen LogP contribution is -2.07. The molecule has 2 aromatic carbocycles. The van der Waals surface area contributed by atoms with Crippen LogP contribution < -0.4 is 14.8 Å². The molecule has 0 atom stereocenters. The molecular weight excluding hydrogens is 321 g/mol. The van der Waals surface area contributed by atoms with Crippen molar-refractivity contribution in [2.24, 2.45) is 7.05 Å². The second kappa shape index (κ2) is 7.25. The number of aromatic nitrogens is 2. The smallest absolute Gasteiger partial charge is 0.203 e. The number of benzene rings is 2. The Balaban J connectivity index is 1.80. The van der Waals surface area contributed by atoms with Crippen LogP contribution in [0.15, 0.2) is 48.7 Å². The molecule has 25 heavy (non-hydrogen) atoms. The highest BCUT2D eigenvalue weighted by molar-refractivity contribution is 5.61. The molecule has 0 saturated heterocycles. The van der Waals surface area contributed by atoms with Gasteiger partial charge in [-0.05, 0) is 30.3 Å². The highest BCUT2D eigenvalue weighted by atomic mass is 19.1. The highest BCUT2D eigenvalue weighted by Crippen LogP contribution is 2.31. The number of imidazole rings is 1. The number of anilines is 1. The summed E-state index contributed by atoms with van der Waals surface area (Å²) in [4.78, 5) is 4.41. The molecule has 0 amide bonds. The fraction of sp³-hybridized carbons (Fsp3) is 0.211. The zero-order valence-electron chi connectivity index (χ0n) is 14.4. The number of para-hydroxylation sites is 1. The average molecular weight is 341 g/mol. The number of methoxy groups -OCH3 is 2. The summed E-state index contributed by atoms with van der Waals surface area (Å²) in [6.07, 6.45) is 1.76. The predicted octanol–water partition coefficient (Wildman–Crippen LogP) is 3.86.